The van der Waals surface area contributed by atoms with E-state index >= 15 is 0 Å². The van der Waals surface area contributed by atoms with E-state index in [9.17, 15) is 10.2 Å². The molecule has 1 fully saturated rings. The van der Waals surface area contributed by atoms with E-state index in [1.54, 1.807) is 18.3 Å². The number of benzene rings is 1. The lowest BCUT2D eigenvalue weighted by atomic mass is 9.74. The fourth-order valence-electron chi connectivity index (χ4n) is 3.26. The maximum Gasteiger partial charge on any atom is 0.133 e. The second-order valence-electron chi connectivity index (χ2n) is 6.14. The van der Waals surface area contributed by atoms with Crippen LogP contribution in [-0.2, 0) is 0 Å². The molecule has 1 aromatic carbocycles. The van der Waals surface area contributed by atoms with E-state index in [1.807, 2.05) is 12.1 Å². The number of aliphatic hydroxyl groups is 1. The maximum absolute atomic E-state index is 9.78. The van der Waals surface area contributed by atoms with E-state index in [1.165, 1.54) is 19.3 Å². The van der Waals surface area contributed by atoms with E-state index in [-0.39, 0.29) is 17.8 Å². The van der Waals surface area contributed by atoms with E-state index in [2.05, 4.69) is 10.3 Å². The van der Waals surface area contributed by atoms with Gasteiger partial charge < -0.3 is 15.5 Å². The molecule has 0 spiro atoms. The van der Waals surface area contributed by atoms with Crippen molar-refractivity contribution in [1.29, 1.82) is 0 Å². The molecule has 1 saturated carbocycles. The van der Waals surface area contributed by atoms with Gasteiger partial charge in [-0.1, -0.05) is 25.3 Å². The molecule has 112 valence electrons. The molecule has 1 aliphatic carbocycles. The highest BCUT2D eigenvalue weighted by atomic mass is 16.3. The third-order valence-corrected chi connectivity index (χ3v) is 4.63. The Bertz CT molecular complexity index is 621. The van der Waals surface area contributed by atoms with Gasteiger partial charge in [0.2, 0.25) is 0 Å². The zero-order valence-corrected chi connectivity index (χ0v) is 12.2. The first-order chi connectivity index (χ1) is 10.2. The van der Waals surface area contributed by atoms with E-state index in [0.29, 0.717) is 0 Å². The number of hydrogen-bond donors (Lipinski definition) is 3. The summed E-state index contributed by atoms with van der Waals surface area (Å²) in [4.78, 5) is 4.39. The fraction of sp³-hybridized carbons (Fsp3) is 0.471. The van der Waals surface area contributed by atoms with Gasteiger partial charge in [-0.15, -0.1) is 0 Å². The van der Waals surface area contributed by atoms with Gasteiger partial charge in [0, 0.05) is 23.5 Å². The van der Waals surface area contributed by atoms with Gasteiger partial charge in [0.05, 0.1) is 6.61 Å². The molecule has 21 heavy (non-hydrogen) atoms. The van der Waals surface area contributed by atoms with Gasteiger partial charge in [0.1, 0.15) is 11.6 Å². The highest BCUT2D eigenvalue weighted by Gasteiger charge is 2.31. The number of phenolic OH excluding ortho intramolecular Hbond substituents is 1. The molecule has 0 unspecified atom stereocenters. The molecule has 4 heteroatoms. The van der Waals surface area contributed by atoms with Gasteiger partial charge in [-0.2, -0.15) is 0 Å². The largest absolute Gasteiger partial charge is 0.508 e. The molecular weight excluding hydrogens is 264 g/mol. The molecule has 0 radical (unpaired) electrons. The van der Waals surface area contributed by atoms with Gasteiger partial charge in [0.25, 0.3) is 0 Å². The number of fused-ring (bicyclic) bond motifs is 1. The monoisotopic (exact) mass is 286 g/mol. The minimum absolute atomic E-state index is 0.0288. The maximum atomic E-state index is 9.78. The van der Waals surface area contributed by atoms with Gasteiger partial charge >= 0.3 is 0 Å². The summed E-state index contributed by atoms with van der Waals surface area (Å²) in [6, 6.07) is 7.24. The molecular formula is C17H22N2O2. The predicted octanol–water partition coefficient (Wildman–Crippen LogP) is 3.30. The van der Waals surface area contributed by atoms with Crippen molar-refractivity contribution in [1.82, 2.24) is 4.98 Å². The van der Waals surface area contributed by atoms with Crippen LogP contribution in [0, 0.1) is 5.41 Å². The van der Waals surface area contributed by atoms with E-state index < -0.39 is 0 Å². The van der Waals surface area contributed by atoms with Crippen LogP contribution in [0.4, 0.5) is 5.82 Å². The molecule has 0 aliphatic heterocycles. The van der Waals surface area contributed by atoms with Crippen LogP contribution in [0.25, 0.3) is 10.8 Å². The lowest BCUT2D eigenvalue weighted by Crippen LogP contribution is -2.35. The summed E-state index contributed by atoms with van der Waals surface area (Å²) in [5.74, 6) is 1.02. The average molecular weight is 286 g/mol. The number of rotatable bonds is 4. The number of nitrogens with zero attached hydrogens (tertiary/aromatic N) is 1. The summed E-state index contributed by atoms with van der Waals surface area (Å²) in [7, 11) is 0. The van der Waals surface area contributed by atoms with Gasteiger partial charge in [-0.05, 0) is 36.4 Å². The van der Waals surface area contributed by atoms with Crippen molar-refractivity contribution in [3.8, 4) is 5.75 Å². The van der Waals surface area contributed by atoms with Crippen LogP contribution in [0.15, 0.2) is 30.5 Å². The Hall–Kier alpha value is -1.81. The molecule has 3 N–H and O–H groups in total. The predicted molar refractivity (Wildman–Crippen MR) is 84.5 cm³/mol. The van der Waals surface area contributed by atoms with Gasteiger partial charge in [0.15, 0.2) is 0 Å². The Kier molecular flexibility index (Phi) is 3.97. The standard InChI is InChI=1S/C17H22N2O2/c20-12-17(7-2-1-3-8-17)11-19-16-15-10-14(21)5-4-13(15)6-9-18-16/h4-6,9-10,20-21H,1-3,7-8,11-12H2,(H,18,19). The number of aromatic hydroxyl groups is 1. The van der Waals surface area contributed by atoms with Gasteiger partial charge in [-0.25, -0.2) is 4.98 Å². The normalized spacial score (nSPS) is 17.8. The number of hydrogen-bond acceptors (Lipinski definition) is 4. The minimum Gasteiger partial charge on any atom is -0.508 e. The number of aromatic nitrogens is 1. The molecule has 0 bridgehead atoms. The van der Waals surface area contributed by atoms with Crippen molar-refractivity contribution in [2.45, 2.75) is 32.1 Å². The zero-order chi connectivity index (χ0) is 14.7. The quantitative estimate of drug-likeness (QED) is 0.807. The molecule has 0 amide bonds. The van der Waals surface area contributed by atoms with Crippen molar-refractivity contribution in [2.24, 2.45) is 5.41 Å². The van der Waals surface area contributed by atoms with E-state index in [4.69, 9.17) is 0 Å². The van der Waals surface area contributed by atoms with Gasteiger partial charge in [-0.3, -0.25) is 0 Å². The molecule has 0 saturated heterocycles. The summed E-state index contributed by atoms with van der Waals surface area (Å²) < 4.78 is 0. The molecule has 1 heterocycles. The minimum atomic E-state index is -0.0288. The SMILES string of the molecule is OCC1(CNc2nccc3ccc(O)cc23)CCCCC1. The highest BCUT2D eigenvalue weighted by Crippen LogP contribution is 2.36. The van der Waals surface area contributed by atoms with Crippen molar-refractivity contribution in [3.05, 3.63) is 30.5 Å². The first-order valence-corrected chi connectivity index (χ1v) is 7.65. The van der Waals surface area contributed by atoms with Crippen LogP contribution in [0.2, 0.25) is 0 Å². The summed E-state index contributed by atoms with van der Waals surface area (Å²) in [6.45, 7) is 0.946. The second-order valence-corrected chi connectivity index (χ2v) is 6.14. The van der Waals surface area contributed by atoms with Crippen molar-refractivity contribution < 1.29 is 10.2 Å². The summed E-state index contributed by atoms with van der Waals surface area (Å²) in [6.07, 6.45) is 7.54. The second kappa shape index (κ2) is 5.90. The van der Waals surface area contributed by atoms with Crippen molar-refractivity contribution >= 4 is 16.6 Å². The number of anilines is 1. The first-order valence-electron chi connectivity index (χ1n) is 7.65. The van der Waals surface area contributed by atoms with Crippen LogP contribution in [0.5, 0.6) is 5.75 Å². The average Bonchev–Trinajstić information content (AvgIpc) is 2.54. The summed E-state index contributed by atoms with van der Waals surface area (Å²) in [5.41, 5.74) is -0.0288. The fourth-order valence-corrected chi connectivity index (χ4v) is 3.26. The molecule has 1 aliphatic rings. The smallest absolute Gasteiger partial charge is 0.133 e. The number of phenols is 1. The van der Waals surface area contributed by atoms with Crippen LogP contribution >= 0.6 is 0 Å². The lowest BCUT2D eigenvalue weighted by Gasteiger charge is -2.35. The third kappa shape index (κ3) is 2.95. The molecule has 1 aromatic heterocycles. The van der Waals surface area contributed by atoms with Crippen molar-refractivity contribution in [2.75, 3.05) is 18.5 Å². The summed E-state index contributed by atoms with van der Waals surface area (Å²) in [5, 5.41) is 24.8. The first kappa shape index (κ1) is 14.1. The van der Waals surface area contributed by atoms with E-state index in [0.717, 1.165) is 36.0 Å². The number of nitrogens with one attached hydrogen (secondary N) is 1. The van der Waals surface area contributed by atoms with Crippen LogP contribution < -0.4 is 5.32 Å². The van der Waals surface area contributed by atoms with Crippen molar-refractivity contribution in [3.63, 3.8) is 0 Å². The molecule has 0 atom stereocenters. The third-order valence-electron chi connectivity index (χ3n) is 4.63. The lowest BCUT2D eigenvalue weighted by molar-refractivity contribution is 0.0943. The zero-order valence-electron chi connectivity index (χ0n) is 12.2. The Balaban J connectivity index is 1.83. The Morgan fingerprint density at radius 2 is 1.95 bits per heavy atom. The molecule has 4 nitrogen and oxygen atoms in total. The molecule has 3 rings (SSSR count). The Labute approximate surface area is 124 Å². The van der Waals surface area contributed by atoms with Crippen LogP contribution in [-0.4, -0.2) is 28.3 Å². The summed E-state index contributed by atoms with van der Waals surface area (Å²) >= 11 is 0. The number of aliphatic hydroxyl groups excluding tert-OH is 1. The van der Waals surface area contributed by atoms with Crippen LogP contribution in [0.3, 0.4) is 0 Å². The molecule has 2 aromatic rings. The topological polar surface area (TPSA) is 65.4 Å². The number of pyridine rings is 1. The Morgan fingerprint density at radius 1 is 1.14 bits per heavy atom. The Morgan fingerprint density at radius 3 is 2.71 bits per heavy atom. The van der Waals surface area contributed by atoms with Crippen LogP contribution in [0.1, 0.15) is 32.1 Å². The highest BCUT2D eigenvalue weighted by molar-refractivity contribution is 5.92.